The molecule has 0 atom stereocenters. The van der Waals surface area contributed by atoms with Gasteiger partial charge >= 0.3 is 0 Å². The molecule has 3 rings (SSSR count). The minimum Gasteiger partial charge on any atom is -0.387 e. The summed E-state index contributed by atoms with van der Waals surface area (Å²) in [5, 5.41) is 11.8. The molecule has 24 heavy (non-hydrogen) atoms. The summed E-state index contributed by atoms with van der Waals surface area (Å²) in [4.78, 5) is 13.9. The van der Waals surface area contributed by atoms with E-state index in [2.05, 4.69) is 41.4 Å². The Morgan fingerprint density at radius 2 is 1.83 bits per heavy atom. The Balaban J connectivity index is 1.61. The maximum Gasteiger partial charge on any atom is 0.245 e. The summed E-state index contributed by atoms with van der Waals surface area (Å²) in [6, 6.07) is 9.36. The zero-order valence-corrected chi connectivity index (χ0v) is 14.8. The first kappa shape index (κ1) is 17.4. The number of carbonyl (C=O) groups is 1. The fourth-order valence-electron chi connectivity index (χ4n) is 4.43. The number of hydrogen-bond acceptors (Lipinski definition) is 3. The molecule has 1 aromatic carbocycles. The molecule has 2 aliphatic rings. The molecule has 132 valence electrons. The number of nitrogens with one attached hydrogen (secondary N) is 1. The van der Waals surface area contributed by atoms with Crippen LogP contribution in [-0.4, -0.2) is 48.2 Å². The van der Waals surface area contributed by atoms with Gasteiger partial charge < -0.3 is 15.3 Å². The van der Waals surface area contributed by atoms with Crippen LogP contribution in [0.4, 0.5) is 0 Å². The summed E-state index contributed by atoms with van der Waals surface area (Å²) in [6.07, 6.45) is 7.20. The van der Waals surface area contributed by atoms with Gasteiger partial charge in [0.25, 0.3) is 0 Å². The van der Waals surface area contributed by atoms with E-state index in [0.29, 0.717) is 5.41 Å². The lowest BCUT2D eigenvalue weighted by Crippen LogP contribution is -2.48. The highest BCUT2D eigenvalue weighted by molar-refractivity contribution is 5.77. The molecule has 2 N–H and O–H groups in total. The minimum atomic E-state index is -0.406. The van der Waals surface area contributed by atoms with Gasteiger partial charge in [-0.15, -0.1) is 0 Å². The normalized spacial score (nSPS) is 21.8. The van der Waals surface area contributed by atoms with Crippen LogP contribution in [0.1, 0.15) is 49.7 Å². The van der Waals surface area contributed by atoms with Crippen LogP contribution in [0, 0.1) is 6.92 Å². The van der Waals surface area contributed by atoms with Crippen LogP contribution in [0.3, 0.4) is 0 Å². The summed E-state index contributed by atoms with van der Waals surface area (Å²) in [7, 11) is 0. The van der Waals surface area contributed by atoms with Crippen molar-refractivity contribution in [1.82, 2.24) is 10.2 Å². The number of rotatable bonds is 5. The maximum absolute atomic E-state index is 11.3. The number of hydrogen-bond donors (Lipinski definition) is 2. The van der Waals surface area contributed by atoms with Gasteiger partial charge in [0.15, 0.2) is 0 Å². The van der Waals surface area contributed by atoms with Gasteiger partial charge in [-0.25, -0.2) is 0 Å². The van der Waals surface area contributed by atoms with E-state index in [0.717, 1.165) is 32.5 Å². The largest absolute Gasteiger partial charge is 0.387 e. The zero-order chi connectivity index (χ0) is 17.0. The van der Waals surface area contributed by atoms with E-state index in [9.17, 15) is 4.79 Å². The number of carbonyl (C=O) groups excluding carboxylic acids is 1. The third-order valence-electron chi connectivity index (χ3n) is 5.85. The molecule has 1 aliphatic heterocycles. The van der Waals surface area contributed by atoms with E-state index in [1.54, 1.807) is 0 Å². The quantitative estimate of drug-likeness (QED) is 0.871. The number of likely N-dealkylation sites (tertiary alicyclic amines) is 1. The highest BCUT2D eigenvalue weighted by Gasteiger charge is 2.37. The van der Waals surface area contributed by atoms with Crippen LogP contribution in [0.5, 0.6) is 0 Å². The van der Waals surface area contributed by atoms with Crippen molar-refractivity contribution in [2.24, 2.45) is 0 Å². The Hall–Kier alpha value is -1.39. The molecule has 0 aromatic heterocycles. The first-order valence-electron chi connectivity index (χ1n) is 9.31. The standard InChI is InChI=1S/C20H30N2O2/c1-16-4-6-17(7-5-16)20(10-2-3-11-20)15-22-12-8-18(9-13-22)21-19(24)14-23/h4-7,18,23H,2-3,8-15H2,1H3,(H,21,24). The second-order valence-corrected chi connectivity index (χ2v) is 7.63. The second kappa shape index (κ2) is 7.66. The Morgan fingerprint density at radius 3 is 2.42 bits per heavy atom. The van der Waals surface area contributed by atoms with Gasteiger partial charge in [-0.2, -0.15) is 0 Å². The maximum atomic E-state index is 11.3. The van der Waals surface area contributed by atoms with E-state index in [-0.39, 0.29) is 11.9 Å². The van der Waals surface area contributed by atoms with E-state index >= 15 is 0 Å². The van der Waals surface area contributed by atoms with Crippen molar-refractivity contribution in [3.63, 3.8) is 0 Å². The SMILES string of the molecule is Cc1ccc(C2(CN3CCC(NC(=O)CO)CC3)CCCC2)cc1. The number of aryl methyl sites for hydroxylation is 1. The van der Waals surface area contributed by atoms with Crippen LogP contribution < -0.4 is 5.32 Å². The molecule has 1 heterocycles. The van der Waals surface area contributed by atoms with Gasteiger partial charge in [-0.1, -0.05) is 42.7 Å². The molecule has 0 bridgehead atoms. The van der Waals surface area contributed by atoms with E-state index in [1.165, 1.54) is 36.8 Å². The summed E-state index contributed by atoms with van der Waals surface area (Å²) in [5.74, 6) is -0.250. The fourth-order valence-corrected chi connectivity index (χ4v) is 4.43. The lowest BCUT2D eigenvalue weighted by molar-refractivity contribution is -0.124. The summed E-state index contributed by atoms with van der Waals surface area (Å²) >= 11 is 0. The summed E-state index contributed by atoms with van der Waals surface area (Å²) in [5.41, 5.74) is 3.14. The monoisotopic (exact) mass is 330 g/mol. The number of amides is 1. The molecule has 1 aliphatic carbocycles. The number of nitrogens with zero attached hydrogens (tertiary/aromatic N) is 1. The van der Waals surface area contributed by atoms with Gasteiger partial charge in [-0.05, 0) is 38.2 Å². The lowest BCUT2D eigenvalue weighted by Gasteiger charge is -2.39. The van der Waals surface area contributed by atoms with E-state index in [4.69, 9.17) is 5.11 Å². The average Bonchev–Trinajstić information content (AvgIpc) is 3.07. The number of benzene rings is 1. The molecule has 4 nitrogen and oxygen atoms in total. The number of piperidine rings is 1. The molecule has 4 heteroatoms. The van der Waals surface area contributed by atoms with Crippen LogP contribution in [0.25, 0.3) is 0 Å². The Labute approximate surface area is 145 Å². The topological polar surface area (TPSA) is 52.6 Å². The number of aliphatic hydroxyl groups is 1. The summed E-state index contributed by atoms with van der Waals surface area (Å²) < 4.78 is 0. The first-order chi connectivity index (χ1) is 11.6. The molecule has 1 amide bonds. The highest BCUT2D eigenvalue weighted by atomic mass is 16.3. The second-order valence-electron chi connectivity index (χ2n) is 7.63. The smallest absolute Gasteiger partial charge is 0.245 e. The zero-order valence-electron chi connectivity index (χ0n) is 14.8. The Bertz CT molecular complexity index is 541. The third kappa shape index (κ3) is 3.98. The molecule has 1 saturated heterocycles. The first-order valence-corrected chi connectivity index (χ1v) is 9.31. The molecule has 0 unspecified atom stereocenters. The molecular formula is C20H30N2O2. The predicted octanol–water partition coefficient (Wildman–Crippen LogP) is 2.38. The van der Waals surface area contributed by atoms with Gasteiger partial charge in [0.1, 0.15) is 6.61 Å². The third-order valence-corrected chi connectivity index (χ3v) is 5.85. The van der Waals surface area contributed by atoms with Crippen molar-refractivity contribution in [1.29, 1.82) is 0 Å². The van der Waals surface area contributed by atoms with Crippen molar-refractivity contribution in [2.75, 3.05) is 26.2 Å². The fraction of sp³-hybridized carbons (Fsp3) is 0.650. The van der Waals surface area contributed by atoms with Crippen molar-refractivity contribution in [3.05, 3.63) is 35.4 Å². The Kier molecular flexibility index (Phi) is 5.57. The molecular weight excluding hydrogens is 300 g/mol. The van der Waals surface area contributed by atoms with Gasteiger partial charge in [-0.3, -0.25) is 4.79 Å². The Morgan fingerprint density at radius 1 is 1.21 bits per heavy atom. The highest BCUT2D eigenvalue weighted by Crippen LogP contribution is 2.42. The predicted molar refractivity (Wildman–Crippen MR) is 96.0 cm³/mol. The van der Waals surface area contributed by atoms with Crippen molar-refractivity contribution in [3.8, 4) is 0 Å². The molecule has 1 saturated carbocycles. The van der Waals surface area contributed by atoms with Crippen molar-refractivity contribution < 1.29 is 9.90 Å². The van der Waals surface area contributed by atoms with E-state index in [1.807, 2.05) is 0 Å². The summed E-state index contributed by atoms with van der Waals surface area (Å²) in [6.45, 7) is 4.94. The van der Waals surface area contributed by atoms with Crippen LogP contribution in [0.2, 0.25) is 0 Å². The van der Waals surface area contributed by atoms with Gasteiger partial charge in [0, 0.05) is 31.1 Å². The van der Waals surface area contributed by atoms with Crippen LogP contribution in [-0.2, 0) is 10.2 Å². The van der Waals surface area contributed by atoms with Crippen LogP contribution >= 0.6 is 0 Å². The van der Waals surface area contributed by atoms with Crippen molar-refractivity contribution in [2.45, 2.75) is 56.9 Å². The molecule has 0 spiro atoms. The van der Waals surface area contributed by atoms with Gasteiger partial charge in [0.2, 0.25) is 5.91 Å². The van der Waals surface area contributed by atoms with Gasteiger partial charge in [0.05, 0.1) is 0 Å². The van der Waals surface area contributed by atoms with E-state index < -0.39 is 6.61 Å². The van der Waals surface area contributed by atoms with Crippen molar-refractivity contribution >= 4 is 5.91 Å². The molecule has 0 radical (unpaired) electrons. The molecule has 2 fully saturated rings. The van der Waals surface area contributed by atoms with Crippen LogP contribution in [0.15, 0.2) is 24.3 Å². The minimum absolute atomic E-state index is 0.222. The lowest BCUT2D eigenvalue weighted by atomic mass is 9.77. The average molecular weight is 330 g/mol. The number of aliphatic hydroxyl groups excluding tert-OH is 1. The molecule has 1 aromatic rings.